The number of aliphatic hydroxyl groups excluding tert-OH is 1. The summed E-state index contributed by atoms with van der Waals surface area (Å²) in [6, 6.07) is 1.03. The van der Waals surface area contributed by atoms with Crippen molar-refractivity contribution in [3.8, 4) is 0 Å². The van der Waals surface area contributed by atoms with Gasteiger partial charge in [0, 0.05) is 19.9 Å². The number of H-pyrrole nitrogens is 1. The standard InChI is InChI=1S/C9H13ClN2O5S/c1-17-5-6(13)3-12-18(15,16)7-2-8(10)9(14)11-4-7/h2,4,6,12-13H,3,5H2,1H3,(H,11,14). The Labute approximate surface area is 109 Å². The van der Waals surface area contributed by atoms with Crippen molar-refractivity contribution in [1.82, 2.24) is 9.71 Å². The molecule has 0 spiro atoms. The SMILES string of the molecule is COCC(O)CNS(=O)(=O)c1c[nH]c(=O)c(Cl)c1. The largest absolute Gasteiger partial charge is 0.389 e. The molecule has 18 heavy (non-hydrogen) atoms. The topological polar surface area (TPSA) is 108 Å². The van der Waals surface area contributed by atoms with Gasteiger partial charge in [0.25, 0.3) is 5.56 Å². The van der Waals surface area contributed by atoms with Gasteiger partial charge in [0.15, 0.2) is 0 Å². The van der Waals surface area contributed by atoms with Crippen molar-refractivity contribution < 1.29 is 18.3 Å². The van der Waals surface area contributed by atoms with Crippen molar-refractivity contribution >= 4 is 21.6 Å². The number of rotatable bonds is 6. The van der Waals surface area contributed by atoms with E-state index in [0.29, 0.717) is 0 Å². The Kier molecular flexibility index (Phi) is 5.29. The molecule has 1 aromatic rings. The van der Waals surface area contributed by atoms with Crippen molar-refractivity contribution in [3.63, 3.8) is 0 Å². The van der Waals surface area contributed by atoms with Gasteiger partial charge in [0.1, 0.15) is 5.02 Å². The number of nitrogens with one attached hydrogen (secondary N) is 2. The molecular formula is C9H13ClN2O5S. The van der Waals surface area contributed by atoms with Crippen LogP contribution in [0.1, 0.15) is 0 Å². The Balaban J connectivity index is 2.80. The van der Waals surface area contributed by atoms with Crippen LogP contribution in [-0.4, -0.2) is 44.9 Å². The van der Waals surface area contributed by atoms with Crippen molar-refractivity contribution in [1.29, 1.82) is 0 Å². The molecule has 0 aliphatic rings. The fourth-order valence-corrected chi connectivity index (χ4v) is 2.44. The van der Waals surface area contributed by atoms with Crippen molar-refractivity contribution in [3.05, 3.63) is 27.6 Å². The van der Waals surface area contributed by atoms with Gasteiger partial charge in [-0.1, -0.05) is 11.6 Å². The lowest BCUT2D eigenvalue weighted by Crippen LogP contribution is -2.34. The molecule has 1 rings (SSSR count). The van der Waals surface area contributed by atoms with Gasteiger partial charge in [-0.3, -0.25) is 4.79 Å². The van der Waals surface area contributed by atoms with Gasteiger partial charge in [-0.25, -0.2) is 13.1 Å². The molecule has 0 bridgehead atoms. The Hall–Kier alpha value is -0.930. The molecule has 0 amide bonds. The van der Waals surface area contributed by atoms with Crippen LogP contribution in [0.15, 0.2) is 22.0 Å². The number of ether oxygens (including phenoxy) is 1. The second-order valence-electron chi connectivity index (χ2n) is 3.47. The van der Waals surface area contributed by atoms with Gasteiger partial charge in [0.05, 0.1) is 17.6 Å². The molecule has 1 aromatic heterocycles. The number of sulfonamides is 1. The quantitative estimate of drug-likeness (QED) is 0.644. The zero-order valence-corrected chi connectivity index (χ0v) is 11.1. The average molecular weight is 297 g/mol. The highest BCUT2D eigenvalue weighted by molar-refractivity contribution is 7.89. The molecule has 0 aromatic carbocycles. The predicted octanol–water partition coefficient (Wildman–Crippen LogP) is -0.686. The number of aliphatic hydroxyl groups is 1. The first kappa shape index (κ1) is 15.1. The highest BCUT2D eigenvalue weighted by atomic mass is 35.5. The van der Waals surface area contributed by atoms with Crippen molar-refractivity contribution in [2.75, 3.05) is 20.3 Å². The smallest absolute Gasteiger partial charge is 0.266 e. The molecule has 1 unspecified atom stereocenters. The van der Waals surface area contributed by atoms with E-state index >= 15 is 0 Å². The molecular weight excluding hydrogens is 284 g/mol. The van der Waals surface area contributed by atoms with E-state index < -0.39 is 21.7 Å². The third-order valence-corrected chi connectivity index (χ3v) is 3.69. The van der Waals surface area contributed by atoms with Gasteiger partial charge in [0.2, 0.25) is 10.0 Å². The Morgan fingerprint density at radius 2 is 2.28 bits per heavy atom. The summed E-state index contributed by atoms with van der Waals surface area (Å²) in [4.78, 5) is 13.0. The second-order valence-corrected chi connectivity index (χ2v) is 5.65. The number of aromatic amines is 1. The molecule has 0 aliphatic carbocycles. The number of halogens is 1. The van der Waals surface area contributed by atoms with Crippen molar-refractivity contribution in [2.45, 2.75) is 11.0 Å². The van der Waals surface area contributed by atoms with Gasteiger partial charge >= 0.3 is 0 Å². The molecule has 7 nitrogen and oxygen atoms in total. The number of methoxy groups -OCH3 is 1. The third-order valence-electron chi connectivity index (χ3n) is 2.01. The Bertz CT molecular complexity index is 556. The highest BCUT2D eigenvalue weighted by Crippen LogP contribution is 2.10. The first-order chi connectivity index (χ1) is 8.36. The molecule has 0 aliphatic heterocycles. The van der Waals surface area contributed by atoms with Gasteiger partial charge in [-0.2, -0.15) is 0 Å². The Morgan fingerprint density at radius 1 is 1.61 bits per heavy atom. The van der Waals surface area contributed by atoms with E-state index in [9.17, 15) is 18.3 Å². The van der Waals surface area contributed by atoms with Crippen LogP contribution in [0.2, 0.25) is 5.02 Å². The van der Waals surface area contributed by atoms with Crippen LogP contribution in [0.5, 0.6) is 0 Å². The summed E-state index contributed by atoms with van der Waals surface area (Å²) in [6.45, 7) is -0.193. The summed E-state index contributed by atoms with van der Waals surface area (Å²) in [6.07, 6.45) is 0.0715. The second kappa shape index (κ2) is 6.30. The van der Waals surface area contributed by atoms with Crippen LogP contribution < -0.4 is 10.3 Å². The summed E-state index contributed by atoms with van der Waals surface area (Å²) in [5.74, 6) is 0. The number of hydrogen-bond donors (Lipinski definition) is 3. The summed E-state index contributed by atoms with van der Waals surface area (Å²) in [5.41, 5.74) is -0.574. The zero-order chi connectivity index (χ0) is 13.8. The highest BCUT2D eigenvalue weighted by Gasteiger charge is 2.17. The minimum Gasteiger partial charge on any atom is -0.389 e. The van der Waals surface area contributed by atoms with Crippen LogP contribution in [0, 0.1) is 0 Å². The van der Waals surface area contributed by atoms with Gasteiger partial charge in [-0.15, -0.1) is 0 Å². The molecule has 9 heteroatoms. The molecule has 0 saturated carbocycles. The third kappa shape index (κ3) is 4.07. The van der Waals surface area contributed by atoms with E-state index in [1.165, 1.54) is 7.11 Å². The van der Waals surface area contributed by atoms with Crippen LogP contribution in [0.4, 0.5) is 0 Å². The maximum absolute atomic E-state index is 11.8. The van der Waals surface area contributed by atoms with E-state index in [1.54, 1.807) is 0 Å². The first-order valence-corrected chi connectivity index (χ1v) is 6.78. The molecule has 0 saturated heterocycles. The number of aromatic nitrogens is 1. The molecule has 1 heterocycles. The van der Waals surface area contributed by atoms with E-state index in [2.05, 4.69) is 14.4 Å². The zero-order valence-electron chi connectivity index (χ0n) is 9.51. The lowest BCUT2D eigenvalue weighted by molar-refractivity contribution is 0.0679. The van der Waals surface area contributed by atoms with Crippen LogP contribution in [0.3, 0.4) is 0 Å². The summed E-state index contributed by atoms with van der Waals surface area (Å²) < 4.78 is 30.3. The fraction of sp³-hybridized carbons (Fsp3) is 0.444. The average Bonchev–Trinajstić information content (AvgIpc) is 2.30. The first-order valence-electron chi connectivity index (χ1n) is 4.91. The maximum Gasteiger partial charge on any atom is 0.266 e. The van der Waals surface area contributed by atoms with E-state index in [0.717, 1.165) is 12.3 Å². The molecule has 102 valence electrons. The van der Waals surface area contributed by atoms with Crippen LogP contribution in [0.25, 0.3) is 0 Å². The lowest BCUT2D eigenvalue weighted by atomic mass is 10.4. The summed E-state index contributed by atoms with van der Waals surface area (Å²) >= 11 is 5.53. The minimum absolute atomic E-state index is 0.00883. The van der Waals surface area contributed by atoms with Crippen LogP contribution in [-0.2, 0) is 14.8 Å². The number of pyridine rings is 1. The van der Waals surface area contributed by atoms with E-state index in [4.69, 9.17) is 11.6 Å². The monoisotopic (exact) mass is 296 g/mol. The minimum atomic E-state index is -3.83. The molecule has 1 atom stereocenters. The van der Waals surface area contributed by atoms with E-state index in [1.807, 2.05) is 0 Å². The molecule has 3 N–H and O–H groups in total. The summed E-state index contributed by atoms with van der Waals surface area (Å²) in [5, 5.41) is 9.10. The normalized spacial score (nSPS) is 13.5. The molecule has 0 radical (unpaired) electrons. The van der Waals surface area contributed by atoms with Crippen molar-refractivity contribution in [2.24, 2.45) is 0 Å². The fourth-order valence-electron chi connectivity index (χ4n) is 1.13. The summed E-state index contributed by atoms with van der Waals surface area (Å²) in [7, 11) is -2.44. The van der Waals surface area contributed by atoms with Gasteiger partial charge in [-0.05, 0) is 6.07 Å². The lowest BCUT2D eigenvalue weighted by Gasteiger charge is -2.11. The maximum atomic E-state index is 11.8. The van der Waals surface area contributed by atoms with E-state index in [-0.39, 0.29) is 23.1 Å². The predicted molar refractivity (Wildman–Crippen MR) is 65.1 cm³/mol. The Morgan fingerprint density at radius 3 is 2.83 bits per heavy atom. The number of hydrogen-bond acceptors (Lipinski definition) is 5. The molecule has 0 fully saturated rings. The van der Waals surface area contributed by atoms with Gasteiger partial charge < -0.3 is 14.8 Å². The van der Waals surface area contributed by atoms with Crippen LogP contribution >= 0.6 is 11.6 Å².